The average molecular weight is 296 g/mol. The Kier molecular flexibility index (Phi) is 5.00. The summed E-state index contributed by atoms with van der Waals surface area (Å²) in [5.74, 6) is -1.07. The van der Waals surface area contributed by atoms with Crippen molar-refractivity contribution < 1.29 is 19.4 Å². The van der Waals surface area contributed by atoms with Gasteiger partial charge in [-0.05, 0) is 33.7 Å². The lowest BCUT2D eigenvalue weighted by Crippen LogP contribution is -2.03. The summed E-state index contributed by atoms with van der Waals surface area (Å²) in [6.07, 6.45) is 0.929. The fraction of sp³-hybridized carbons (Fsp3) is 0.154. The first-order valence-corrected chi connectivity index (χ1v) is 7.35. The van der Waals surface area contributed by atoms with E-state index in [4.69, 9.17) is 9.47 Å². The molecule has 0 aromatic carbocycles. The third kappa shape index (κ3) is 4.76. The van der Waals surface area contributed by atoms with Crippen molar-refractivity contribution >= 4 is 28.6 Å². The van der Waals surface area contributed by atoms with Gasteiger partial charge >= 0.3 is 5.97 Å². The number of hydrogen-bond acceptors (Lipinski definition) is 6. The van der Waals surface area contributed by atoms with E-state index in [0.29, 0.717) is 0 Å². The summed E-state index contributed by atoms with van der Waals surface area (Å²) in [5.41, 5.74) is 1.86. The Balaban J connectivity index is 1.74. The van der Waals surface area contributed by atoms with Gasteiger partial charge in [0, 0.05) is 11.1 Å². The fourth-order valence-electron chi connectivity index (χ4n) is 1.25. The molecule has 1 N–H and O–H groups in total. The van der Waals surface area contributed by atoms with Gasteiger partial charge in [0.15, 0.2) is 0 Å². The van der Waals surface area contributed by atoms with Crippen LogP contribution in [0.1, 0.15) is 11.1 Å². The van der Waals surface area contributed by atoms with Gasteiger partial charge in [0.2, 0.25) is 0 Å². The number of hydrogen-bond donors (Lipinski definition) is 1. The number of thiophene rings is 2. The molecule has 100 valence electrons. The number of ether oxygens (including phenoxy) is 2. The summed E-state index contributed by atoms with van der Waals surface area (Å²) in [4.78, 5) is 11.4. The van der Waals surface area contributed by atoms with E-state index in [-0.39, 0.29) is 13.2 Å². The predicted octanol–water partition coefficient (Wildman–Crippen LogP) is 3.47. The van der Waals surface area contributed by atoms with E-state index in [1.54, 1.807) is 11.3 Å². The van der Waals surface area contributed by atoms with Crippen LogP contribution in [-0.4, -0.2) is 11.1 Å². The molecule has 0 amide bonds. The molecule has 6 heteroatoms. The molecule has 19 heavy (non-hydrogen) atoms. The number of esters is 1. The van der Waals surface area contributed by atoms with E-state index in [2.05, 4.69) is 0 Å². The lowest BCUT2D eigenvalue weighted by molar-refractivity contribution is -0.139. The number of rotatable bonds is 6. The Hall–Kier alpha value is -1.79. The number of aliphatic hydroxyl groups is 1. The van der Waals surface area contributed by atoms with Crippen molar-refractivity contribution in [2.24, 2.45) is 0 Å². The van der Waals surface area contributed by atoms with E-state index in [9.17, 15) is 9.90 Å². The first-order valence-electron chi connectivity index (χ1n) is 5.46. The van der Waals surface area contributed by atoms with Crippen LogP contribution in [0, 0.1) is 0 Å². The molecule has 2 heterocycles. The van der Waals surface area contributed by atoms with E-state index in [0.717, 1.165) is 17.2 Å². The van der Waals surface area contributed by atoms with E-state index in [1.165, 1.54) is 11.3 Å². The lowest BCUT2D eigenvalue weighted by atomic mass is 10.4. The third-order valence-electron chi connectivity index (χ3n) is 2.17. The van der Waals surface area contributed by atoms with Crippen LogP contribution in [0.5, 0.6) is 0 Å². The molecule has 2 aromatic heterocycles. The summed E-state index contributed by atoms with van der Waals surface area (Å²) in [5, 5.41) is 17.0. The molecule has 0 aliphatic carbocycles. The minimum Gasteiger partial charge on any atom is -0.481 e. The van der Waals surface area contributed by atoms with Gasteiger partial charge in [0.05, 0.1) is 0 Å². The van der Waals surface area contributed by atoms with Crippen molar-refractivity contribution in [1.29, 1.82) is 0 Å². The first kappa shape index (κ1) is 13.6. The maximum atomic E-state index is 11.4. The highest BCUT2D eigenvalue weighted by Crippen LogP contribution is 2.10. The van der Waals surface area contributed by atoms with Gasteiger partial charge in [0.1, 0.15) is 19.3 Å². The van der Waals surface area contributed by atoms with Gasteiger partial charge in [-0.3, -0.25) is 0 Å². The Labute approximate surface area is 118 Å². The highest BCUT2D eigenvalue weighted by atomic mass is 32.1. The van der Waals surface area contributed by atoms with Crippen molar-refractivity contribution in [2.75, 3.05) is 0 Å². The summed E-state index contributed by atoms with van der Waals surface area (Å²) < 4.78 is 9.97. The number of carbonyl (C=O) groups excluding carboxylic acids is 1. The second kappa shape index (κ2) is 6.96. The van der Waals surface area contributed by atoms with Crippen LogP contribution in [0.3, 0.4) is 0 Å². The Morgan fingerprint density at radius 3 is 2.21 bits per heavy atom. The van der Waals surface area contributed by atoms with Crippen molar-refractivity contribution in [3.63, 3.8) is 0 Å². The van der Waals surface area contributed by atoms with Crippen LogP contribution >= 0.6 is 22.7 Å². The number of carbonyl (C=O) groups is 1. The van der Waals surface area contributed by atoms with E-state index in [1.807, 2.05) is 33.7 Å². The van der Waals surface area contributed by atoms with Crippen LogP contribution in [0.2, 0.25) is 0 Å². The van der Waals surface area contributed by atoms with Crippen molar-refractivity contribution in [1.82, 2.24) is 0 Å². The average Bonchev–Trinajstić information content (AvgIpc) is 3.07. The fourth-order valence-corrected chi connectivity index (χ4v) is 2.55. The number of aliphatic hydroxyl groups excluding tert-OH is 1. The van der Waals surface area contributed by atoms with Gasteiger partial charge in [-0.15, -0.1) is 0 Å². The summed E-state index contributed by atoms with van der Waals surface area (Å²) in [7, 11) is 0. The molecule has 0 fully saturated rings. The molecule has 2 aromatic rings. The molecule has 0 saturated heterocycles. The zero-order chi connectivity index (χ0) is 13.5. The van der Waals surface area contributed by atoms with Gasteiger partial charge in [-0.2, -0.15) is 22.7 Å². The summed E-state index contributed by atoms with van der Waals surface area (Å²) >= 11 is 3.07. The largest absolute Gasteiger partial charge is 0.481 e. The normalized spacial score (nSPS) is 11.3. The van der Waals surface area contributed by atoms with E-state index < -0.39 is 11.9 Å². The lowest BCUT2D eigenvalue weighted by Gasteiger charge is -2.03. The monoisotopic (exact) mass is 296 g/mol. The highest BCUT2D eigenvalue weighted by molar-refractivity contribution is 7.08. The molecular formula is C13H12O4S2. The van der Waals surface area contributed by atoms with Crippen molar-refractivity contribution in [3.8, 4) is 0 Å². The zero-order valence-corrected chi connectivity index (χ0v) is 11.6. The molecule has 0 radical (unpaired) electrons. The van der Waals surface area contributed by atoms with Crippen molar-refractivity contribution in [3.05, 3.63) is 56.8 Å². The van der Waals surface area contributed by atoms with Crippen LogP contribution in [0.25, 0.3) is 0 Å². The quantitative estimate of drug-likeness (QED) is 0.504. The molecule has 2 rings (SSSR count). The SMILES string of the molecule is O=C(/C=C(\O)OCc1ccsc1)OCc1ccsc1. The zero-order valence-electron chi connectivity index (χ0n) is 9.94. The Morgan fingerprint density at radius 1 is 1.11 bits per heavy atom. The maximum Gasteiger partial charge on any atom is 0.338 e. The second-order valence-electron chi connectivity index (χ2n) is 3.64. The molecule has 0 aliphatic rings. The molecule has 4 nitrogen and oxygen atoms in total. The molecule has 0 bridgehead atoms. The molecular weight excluding hydrogens is 284 g/mol. The molecule has 0 saturated carbocycles. The Morgan fingerprint density at radius 2 is 1.68 bits per heavy atom. The maximum absolute atomic E-state index is 11.4. The van der Waals surface area contributed by atoms with Gasteiger partial charge < -0.3 is 14.6 Å². The van der Waals surface area contributed by atoms with Gasteiger partial charge in [0.25, 0.3) is 5.95 Å². The molecule has 0 unspecified atom stereocenters. The van der Waals surface area contributed by atoms with Gasteiger partial charge in [-0.25, -0.2) is 4.79 Å². The molecule has 0 aliphatic heterocycles. The summed E-state index contributed by atoms with van der Waals surface area (Å²) in [6.45, 7) is 0.417. The standard InChI is InChI=1S/C13H12O4S2/c14-12(16-6-10-1-3-18-8-10)5-13(15)17-7-11-2-4-19-9-11/h1-5,8-9,14H,6-7H2/b12-5+. The molecule has 0 atom stereocenters. The van der Waals surface area contributed by atoms with Crippen LogP contribution < -0.4 is 0 Å². The van der Waals surface area contributed by atoms with Crippen molar-refractivity contribution in [2.45, 2.75) is 13.2 Å². The minimum absolute atomic E-state index is 0.191. The smallest absolute Gasteiger partial charge is 0.338 e. The topological polar surface area (TPSA) is 55.8 Å². The minimum atomic E-state index is -0.631. The van der Waals surface area contributed by atoms with E-state index >= 15 is 0 Å². The molecule has 0 spiro atoms. The summed E-state index contributed by atoms with van der Waals surface area (Å²) in [6, 6.07) is 3.75. The predicted molar refractivity (Wildman–Crippen MR) is 73.9 cm³/mol. The first-order chi connectivity index (χ1) is 9.24. The highest BCUT2D eigenvalue weighted by Gasteiger charge is 2.04. The van der Waals surface area contributed by atoms with Crippen LogP contribution in [0.15, 0.2) is 45.7 Å². The second-order valence-corrected chi connectivity index (χ2v) is 5.20. The Bertz CT molecular complexity index is 529. The van der Waals surface area contributed by atoms with Gasteiger partial charge in [-0.1, -0.05) is 0 Å². The third-order valence-corrected chi connectivity index (χ3v) is 3.63. The van der Waals surface area contributed by atoms with Crippen LogP contribution in [-0.2, 0) is 27.5 Å². The van der Waals surface area contributed by atoms with Crippen LogP contribution in [0.4, 0.5) is 0 Å².